The summed E-state index contributed by atoms with van der Waals surface area (Å²) in [4.78, 5) is 0. The number of nitrogens with zero attached hydrogens (tertiary/aromatic N) is 2. The van der Waals surface area contributed by atoms with Crippen molar-refractivity contribution in [2.75, 3.05) is 0 Å². The monoisotopic (exact) mass is 738 g/mol. The van der Waals surface area contributed by atoms with E-state index in [2.05, 4.69) is 158 Å². The molecule has 0 saturated carbocycles. The number of nitriles is 2. The van der Waals surface area contributed by atoms with Gasteiger partial charge >= 0.3 is 0 Å². The summed E-state index contributed by atoms with van der Waals surface area (Å²) in [5.74, 6) is 0. The summed E-state index contributed by atoms with van der Waals surface area (Å²) < 4.78 is 0. The lowest BCUT2D eigenvalue weighted by Crippen LogP contribution is -1.99. The highest BCUT2D eigenvalue weighted by Gasteiger charge is 2.20. The highest BCUT2D eigenvalue weighted by Crippen LogP contribution is 2.40. The van der Waals surface area contributed by atoms with Crippen molar-refractivity contribution in [3.8, 4) is 12.1 Å². The molecule has 8 rings (SSSR count). The third-order valence-corrected chi connectivity index (χ3v) is 10.3. The molecular formula is C56H38N2. The summed E-state index contributed by atoms with van der Waals surface area (Å²) in [6.07, 6.45) is 0. The smallest absolute Gasteiger partial charge is 0.100 e. The largest absolute Gasteiger partial charge is 0.192 e. The lowest BCUT2D eigenvalue weighted by Gasteiger charge is -2.19. The summed E-state index contributed by atoms with van der Waals surface area (Å²) in [6, 6.07) is 83.3. The van der Waals surface area contributed by atoms with E-state index in [1.165, 1.54) is 0 Å². The van der Waals surface area contributed by atoms with E-state index >= 15 is 0 Å². The van der Waals surface area contributed by atoms with E-state index in [4.69, 9.17) is 0 Å². The molecule has 0 aliphatic heterocycles. The second-order valence-electron chi connectivity index (χ2n) is 13.8. The van der Waals surface area contributed by atoms with Gasteiger partial charge in [-0.25, -0.2) is 0 Å². The van der Waals surface area contributed by atoms with Gasteiger partial charge in [0.2, 0.25) is 0 Å². The van der Waals surface area contributed by atoms with Crippen molar-refractivity contribution >= 4 is 33.4 Å². The highest BCUT2D eigenvalue weighted by molar-refractivity contribution is 6.07. The van der Waals surface area contributed by atoms with Crippen LogP contribution in [0.2, 0.25) is 0 Å². The molecular weight excluding hydrogens is 701 g/mol. The first-order valence-corrected chi connectivity index (χ1v) is 19.3. The fourth-order valence-electron chi connectivity index (χ4n) is 7.59. The summed E-state index contributed by atoms with van der Waals surface area (Å²) >= 11 is 0. The molecule has 2 nitrogen and oxygen atoms in total. The van der Waals surface area contributed by atoms with E-state index in [9.17, 15) is 10.5 Å². The van der Waals surface area contributed by atoms with E-state index in [1.807, 2.05) is 84.9 Å². The Hall–Kier alpha value is -8.04. The zero-order chi connectivity index (χ0) is 39.5. The summed E-state index contributed by atoms with van der Waals surface area (Å²) in [5.41, 5.74) is 14.9. The molecule has 0 aliphatic rings. The SMILES string of the molecule is N#CC(=C(c1ccccc1)c1ccccc1)c1ccc(C(=C(c2ccccc2)c2ccccc2)c2ccc(C(C#N)=C(c3ccccc3)c3ccccc3)cc2)cc1. The molecule has 0 bridgehead atoms. The van der Waals surface area contributed by atoms with Gasteiger partial charge in [-0.1, -0.05) is 231 Å². The average molecular weight is 739 g/mol. The van der Waals surface area contributed by atoms with Crippen LogP contribution in [0.3, 0.4) is 0 Å². The van der Waals surface area contributed by atoms with Crippen molar-refractivity contribution in [1.29, 1.82) is 10.5 Å². The predicted molar refractivity (Wildman–Crippen MR) is 240 cm³/mol. The third kappa shape index (κ3) is 7.87. The Morgan fingerprint density at radius 1 is 0.207 bits per heavy atom. The van der Waals surface area contributed by atoms with Crippen LogP contribution in [0.1, 0.15) is 55.6 Å². The van der Waals surface area contributed by atoms with Gasteiger partial charge < -0.3 is 0 Å². The first-order valence-electron chi connectivity index (χ1n) is 19.3. The molecule has 8 aromatic carbocycles. The molecule has 0 spiro atoms. The number of hydrogen-bond donors (Lipinski definition) is 0. The number of rotatable bonds is 10. The maximum absolute atomic E-state index is 10.7. The van der Waals surface area contributed by atoms with E-state index in [0.717, 1.165) is 77.9 Å². The van der Waals surface area contributed by atoms with Crippen LogP contribution in [0.15, 0.2) is 231 Å². The van der Waals surface area contributed by atoms with Crippen LogP contribution in [0.4, 0.5) is 0 Å². The molecule has 0 fully saturated rings. The van der Waals surface area contributed by atoms with Crippen LogP contribution in [-0.4, -0.2) is 0 Å². The maximum atomic E-state index is 10.7. The standard InChI is InChI=1S/C56H38N2/c57-39-51(53(43-19-7-1-8-20-43)44-21-9-2-10-22-44)41-31-35-49(36-32-41)56(55(47-27-15-5-16-28-47)48-29-17-6-18-30-48)50-37-33-42(34-38-50)52(40-58)54(45-23-11-3-12-24-45)46-25-13-4-14-26-46/h1-38H. The topological polar surface area (TPSA) is 47.6 Å². The Labute approximate surface area is 340 Å². The quantitative estimate of drug-likeness (QED) is 0.104. The van der Waals surface area contributed by atoms with Crippen LogP contribution < -0.4 is 0 Å². The van der Waals surface area contributed by atoms with Gasteiger partial charge in [0.05, 0.1) is 11.1 Å². The van der Waals surface area contributed by atoms with E-state index in [-0.39, 0.29) is 0 Å². The van der Waals surface area contributed by atoms with E-state index in [0.29, 0.717) is 11.1 Å². The normalized spacial score (nSPS) is 10.4. The Bertz CT molecular complexity index is 2530. The molecule has 0 unspecified atom stereocenters. The van der Waals surface area contributed by atoms with Gasteiger partial charge in [0, 0.05) is 11.1 Å². The first kappa shape index (κ1) is 36.9. The predicted octanol–water partition coefficient (Wildman–Crippen LogP) is 13.7. The van der Waals surface area contributed by atoms with Gasteiger partial charge in [0.25, 0.3) is 0 Å². The Kier molecular flexibility index (Phi) is 11.2. The molecule has 0 radical (unpaired) electrons. The maximum Gasteiger partial charge on any atom is 0.100 e. The molecule has 0 saturated heterocycles. The highest BCUT2D eigenvalue weighted by atomic mass is 14.3. The molecule has 0 aromatic heterocycles. The van der Waals surface area contributed by atoms with Crippen molar-refractivity contribution in [1.82, 2.24) is 0 Å². The fourth-order valence-corrected chi connectivity index (χ4v) is 7.59. The second kappa shape index (κ2) is 17.6. The summed E-state index contributed by atoms with van der Waals surface area (Å²) in [6.45, 7) is 0. The van der Waals surface area contributed by atoms with Gasteiger partial charge in [0.1, 0.15) is 12.1 Å². The molecule has 0 aliphatic carbocycles. The minimum absolute atomic E-state index is 0.605. The Morgan fingerprint density at radius 3 is 0.586 bits per heavy atom. The average Bonchev–Trinajstić information content (AvgIpc) is 3.31. The van der Waals surface area contributed by atoms with Crippen molar-refractivity contribution in [3.63, 3.8) is 0 Å². The van der Waals surface area contributed by atoms with E-state index in [1.54, 1.807) is 0 Å². The molecule has 0 N–H and O–H groups in total. The van der Waals surface area contributed by atoms with Crippen molar-refractivity contribution < 1.29 is 0 Å². The van der Waals surface area contributed by atoms with Gasteiger partial charge in [-0.3, -0.25) is 0 Å². The molecule has 0 heterocycles. The van der Waals surface area contributed by atoms with Crippen molar-refractivity contribution in [2.24, 2.45) is 0 Å². The second-order valence-corrected chi connectivity index (χ2v) is 13.8. The minimum atomic E-state index is 0.605. The van der Waals surface area contributed by atoms with Gasteiger partial charge in [0.15, 0.2) is 0 Å². The van der Waals surface area contributed by atoms with Gasteiger partial charge in [-0.05, 0) is 66.8 Å². The van der Waals surface area contributed by atoms with Crippen LogP contribution in [0.5, 0.6) is 0 Å². The first-order chi connectivity index (χ1) is 28.7. The summed E-state index contributed by atoms with van der Waals surface area (Å²) in [7, 11) is 0. The Balaban J connectivity index is 1.32. The summed E-state index contributed by atoms with van der Waals surface area (Å²) in [5, 5.41) is 21.5. The number of hydrogen-bond acceptors (Lipinski definition) is 2. The Morgan fingerprint density at radius 2 is 0.379 bits per heavy atom. The lowest BCUT2D eigenvalue weighted by molar-refractivity contribution is 1.47. The molecule has 0 atom stereocenters. The zero-order valence-corrected chi connectivity index (χ0v) is 31.8. The molecule has 58 heavy (non-hydrogen) atoms. The van der Waals surface area contributed by atoms with Gasteiger partial charge in [-0.15, -0.1) is 0 Å². The molecule has 2 heteroatoms. The van der Waals surface area contributed by atoms with Crippen LogP contribution in [0, 0.1) is 22.7 Å². The minimum Gasteiger partial charge on any atom is -0.192 e. The van der Waals surface area contributed by atoms with Gasteiger partial charge in [-0.2, -0.15) is 10.5 Å². The molecule has 0 amide bonds. The third-order valence-electron chi connectivity index (χ3n) is 10.3. The van der Waals surface area contributed by atoms with Crippen LogP contribution in [0.25, 0.3) is 33.4 Å². The molecule has 272 valence electrons. The van der Waals surface area contributed by atoms with Crippen LogP contribution >= 0.6 is 0 Å². The number of benzene rings is 8. The zero-order valence-electron chi connectivity index (χ0n) is 31.8. The van der Waals surface area contributed by atoms with E-state index < -0.39 is 0 Å². The van der Waals surface area contributed by atoms with Crippen LogP contribution in [-0.2, 0) is 0 Å². The lowest BCUT2D eigenvalue weighted by atomic mass is 9.84. The molecule has 8 aromatic rings. The van der Waals surface area contributed by atoms with Crippen molar-refractivity contribution in [2.45, 2.75) is 0 Å². The fraction of sp³-hybridized carbons (Fsp3) is 0. The number of allylic oxidation sites excluding steroid dienone is 2. The van der Waals surface area contributed by atoms with Crippen molar-refractivity contribution in [3.05, 3.63) is 286 Å².